The minimum absolute atomic E-state index is 0.0464. The van der Waals surface area contributed by atoms with Gasteiger partial charge in [-0.1, -0.05) is 18.2 Å². The summed E-state index contributed by atoms with van der Waals surface area (Å²) in [5.41, 5.74) is 2.58. The van der Waals surface area contributed by atoms with E-state index in [4.69, 9.17) is 0 Å². The van der Waals surface area contributed by atoms with E-state index in [0.29, 0.717) is 22.0 Å². The average Bonchev–Trinajstić information content (AvgIpc) is 2.94. The summed E-state index contributed by atoms with van der Waals surface area (Å²) in [6, 6.07) is 12.4. The van der Waals surface area contributed by atoms with E-state index in [1.165, 1.54) is 4.57 Å². The highest BCUT2D eigenvalue weighted by Gasteiger charge is 2.37. The molecule has 1 aliphatic heterocycles. The van der Waals surface area contributed by atoms with E-state index < -0.39 is 17.8 Å². The third-order valence-electron chi connectivity index (χ3n) is 5.14. The van der Waals surface area contributed by atoms with E-state index in [2.05, 4.69) is 0 Å². The minimum Gasteiger partial charge on any atom is -0.477 e. The largest absolute Gasteiger partial charge is 0.477 e. The number of carbonyl (C=O) groups is 3. The second-order valence-electron chi connectivity index (χ2n) is 7.03. The summed E-state index contributed by atoms with van der Waals surface area (Å²) in [5, 5.41) is 10.4. The number of carboxylic acid groups (broad SMARTS) is 1. The molecule has 0 aliphatic carbocycles. The number of aromatic carboxylic acids is 1. The number of aryl methyl sites for hydroxylation is 1. The molecule has 0 radical (unpaired) electrons. The summed E-state index contributed by atoms with van der Waals surface area (Å²) in [7, 11) is 5.36. The number of hydrogen-bond acceptors (Lipinski definition) is 4. The van der Waals surface area contributed by atoms with Gasteiger partial charge in [0.2, 0.25) is 5.91 Å². The lowest BCUT2D eigenvalue weighted by atomic mass is 9.97. The lowest BCUT2D eigenvalue weighted by Crippen LogP contribution is -2.43. The van der Waals surface area contributed by atoms with Gasteiger partial charge in [0.1, 0.15) is 0 Å². The number of amides is 2. The molecule has 1 N–H and O–H groups in total. The van der Waals surface area contributed by atoms with Gasteiger partial charge in [0.15, 0.2) is 5.69 Å². The Morgan fingerprint density at radius 3 is 2.50 bits per heavy atom. The minimum atomic E-state index is -1.19. The van der Waals surface area contributed by atoms with Gasteiger partial charge in [0.25, 0.3) is 5.91 Å². The topological polar surface area (TPSA) is 82.8 Å². The highest BCUT2D eigenvalue weighted by atomic mass is 16.4. The molecule has 28 heavy (non-hydrogen) atoms. The highest BCUT2D eigenvalue weighted by Crippen LogP contribution is 2.38. The van der Waals surface area contributed by atoms with Crippen molar-refractivity contribution in [1.82, 2.24) is 4.57 Å². The Balaban J connectivity index is 2.03. The summed E-state index contributed by atoms with van der Waals surface area (Å²) < 4.78 is 1.51. The fourth-order valence-electron chi connectivity index (χ4n) is 3.75. The maximum atomic E-state index is 13.2. The van der Waals surface area contributed by atoms with Crippen LogP contribution in [0.15, 0.2) is 42.5 Å². The van der Waals surface area contributed by atoms with Crippen molar-refractivity contribution in [2.45, 2.75) is 6.42 Å². The van der Waals surface area contributed by atoms with Crippen LogP contribution in [0.3, 0.4) is 0 Å². The predicted octanol–water partition coefficient (Wildman–Crippen LogP) is 2.67. The first-order valence-corrected chi connectivity index (χ1v) is 8.79. The van der Waals surface area contributed by atoms with E-state index in [1.54, 1.807) is 43.4 Å². The summed E-state index contributed by atoms with van der Waals surface area (Å²) in [6.07, 6.45) is 0.0464. The van der Waals surface area contributed by atoms with Crippen LogP contribution in [-0.2, 0) is 18.3 Å². The summed E-state index contributed by atoms with van der Waals surface area (Å²) in [6.45, 7) is 0. The van der Waals surface area contributed by atoms with E-state index in [9.17, 15) is 19.5 Å². The number of benzene rings is 2. The van der Waals surface area contributed by atoms with Crippen LogP contribution in [-0.4, -0.2) is 41.6 Å². The molecule has 2 heterocycles. The Morgan fingerprint density at radius 2 is 1.82 bits per heavy atom. The van der Waals surface area contributed by atoms with Gasteiger partial charge in [0, 0.05) is 37.8 Å². The molecule has 7 nitrogen and oxygen atoms in total. The first-order chi connectivity index (χ1) is 13.3. The average molecular weight is 377 g/mol. The standard InChI is InChI=1S/C21H19N3O4/c1-22(2)13-8-9-16-15(11-13)18(19(21(27)28)23(16)3)24-17(25)10-12-6-4-5-7-14(12)20(24)26/h4-9,11H,10H2,1-3H3,(H,27,28). The monoisotopic (exact) mass is 377 g/mol. The SMILES string of the molecule is CN(C)c1ccc2c(c1)c(N1C(=O)Cc3ccccc3C1=O)c(C(=O)O)n2C. The Bertz CT molecular complexity index is 1160. The van der Waals surface area contributed by atoms with Crippen LogP contribution in [0.5, 0.6) is 0 Å². The van der Waals surface area contributed by atoms with Crippen LogP contribution in [0.25, 0.3) is 10.9 Å². The van der Waals surface area contributed by atoms with Crippen molar-refractivity contribution < 1.29 is 19.5 Å². The third kappa shape index (κ3) is 2.47. The van der Waals surface area contributed by atoms with Crippen molar-refractivity contribution in [2.75, 3.05) is 23.9 Å². The van der Waals surface area contributed by atoms with Gasteiger partial charge in [-0.2, -0.15) is 0 Å². The van der Waals surface area contributed by atoms with Crippen LogP contribution in [0.2, 0.25) is 0 Å². The van der Waals surface area contributed by atoms with Crippen molar-refractivity contribution in [3.05, 3.63) is 59.3 Å². The van der Waals surface area contributed by atoms with Crippen molar-refractivity contribution in [3.8, 4) is 0 Å². The zero-order valence-electron chi connectivity index (χ0n) is 15.8. The molecule has 0 saturated carbocycles. The quantitative estimate of drug-likeness (QED) is 0.710. The molecule has 142 valence electrons. The number of nitrogens with zero attached hydrogens (tertiary/aromatic N) is 3. The van der Waals surface area contributed by atoms with Gasteiger partial charge in [-0.25, -0.2) is 9.69 Å². The van der Waals surface area contributed by atoms with E-state index in [0.717, 1.165) is 10.6 Å². The molecule has 7 heteroatoms. The second-order valence-corrected chi connectivity index (χ2v) is 7.03. The normalized spacial score (nSPS) is 13.8. The number of rotatable bonds is 3. The Hall–Kier alpha value is -3.61. The fourth-order valence-corrected chi connectivity index (χ4v) is 3.75. The molecule has 0 saturated heterocycles. The molecule has 1 aliphatic rings. The van der Waals surface area contributed by atoms with Gasteiger partial charge in [-0.05, 0) is 29.8 Å². The number of carbonyl (C=O) groups excluding carboxylic acids is 2. The molecule has 2 amide bonds. The number of imide groups is 1. The Kier molecular flexibility index (Phi) is 3.96. The molecule has 0 unspecified atom stereocenters. The number of hydrogen-bond donors (Lipinski definition) is 1. The number of anilines is 2. The fraction of sp³-hybridized carbons (Fsp3) is 0.190. The number of carboxylic acids is 1. The van der Waals surface area contributed by atoms with Crippen LogP contribution in [0.1, 0.15) is 26.4 Å². The maximum Gasteiger partial charge on any atom is 0.354 e. The first kappa shape index (κ1) is 17.8. The number of fused-ring (bicyclic) bond motifs is 2. The smallest absolute Gasteiger partial charge is 0.354 e. The second kappa shape index (κ2) is 6.23. The maximum absolute atomic E-state index is 13.2. The summed E-state index contributed by atoms with van der Waals surface area (Å²) >= 11 is 0. The summed E-state index contributed by atoms with van der Waals surface area (Å²) in [5.74, 6) is -2.13. The zero-order chi connectivity index (χ0) is 20.2. The van der Waals surface area contributed by atoms with Gasteiger partial charge >= 0.3 is 5.97 Å². The van der Waals surface area contributed by atoms with Crippen molar-refractivity contribution >= 4 is 40.1 Å². The molecule has 0 bridgehead atoms. The lowest BCUT2D eigenvalue weighted by molar-refractivity contribution is -0.117. The molecule has 0 spiro atoms. The highest BCUT2D eigenvalue weighted by molar-refractivity contribution is 6.29. The van der Waals surface area contributed by atoms with Crippen LogP contribution in [0.4, 0.5) is 11.4 Å². The molecular formula is C21H19N3O4. The molecular weight excluding hydrogens is 358 g/mol. The van der Waals surface area contributed by atoms with Gasteiger partial charge < -0.3 is 14.6 Å². The molecule has 0 fully saturated rings. The van der Waals surface area contributed by atoms with Crippen molar-refractivity contribution in [3.63, 3.8) is 0 Å². The third-order valence-corrected chi connectivity index (χ3v) is 5.14. The zero-order valence-corrected chi connectivity index (χ0v) is 15.8. The van der Waals surface area contributed by atoms with Gasteiger partial charge in [-0.15, -0.1) is 0 Å². The lowest BCUT2D eigenvalue weighted by Gasteiger charge is -2.27. The molecule has 1 aromatic heterocycles. The van der Waals surface area contributed by atoms with Crippen LogP contribution < -0.4 is 9.80 Å². The Morgan fingerprint density at radius 1 is 1.11 bits per heavy atom. The predicted molar refractivity (Wildman–Crippen MR) is 106 cm³/mol. The Labute approximate surface area is 161 Å². The molecule has 0 atom stereocenters. The van der Waals surface area contributed by atoms with Gasteiger partial charge in [-0.3, -0.25) is 9.59 Å². The summed E-state index contributed by atoms with van der Waals surface area (Å²) in [4.78, 5) is 41.0. The molecule has 2 aromatic carbocycles. The molecule has 4 rings (SSSR count). The van der Waals surface area contributed by atoms with Crippen molar-refractivity contribution in [2.24, 2.45) is 7.05 Å². The van der Waals surface area contributed by atoms with E-state index in [-0.39, 0.29) is 17.8 Å². The van der Waals surface area contributed by atoms with Gasteiger partial charge in [0.05, 0.1) is 17.6 Å². The first-order valence-electron chi connectivity index (χ1n) is 8.79. The van der Waals surface area contributed by atoms with Crippen molar-refractivity contribution in [1.29, 1.82) is 0 Å². The molecule has 3 aromatic rings. The van der Waals surface area contributed by atoms with Crippen LogP contribution in [0, 0.1) is 0 Å². The number of aromatic nitrogens is 1. The van der Waals surface area contributed by atoms with E-state index in [1.807, 2.05) is 25.1 Å². The van der Waals surface area contributed by atoms with Crippen LogP contribution >= 0.6 is 0 Å². The van der Waals surface area contributed by atoms with E-state index >= 15 is 0 Å².